The molecule has 2 rings (SSSR count). The van der Waals surface area contributed by atoms with Gasteiger partial charge in [0.2, 0.25) is 11.8 Å². The van der Waals surface area contributed by atoms with Crippen molar-refractivity contribution in [1.82, 2.24) is 10.2 Å². The number of aliphatic hydroxyl groups is 1. The first-order valence-corrected chi connectivity index (χ1v) is 11.3. The molecule has 0 aromatic heterocycles. The summed E-state index contributed by atoms with van der Waals surface area (Å²) in [5, 5.41) is 11.5. The molecule has 2 N–H and O–H groups in total. The molecule has 9 nitrogen and oxygen atoms in total. The van der Waals surface area contributed by atoms with Gasteiger partial charge in [0.1, 0.15) is 12.2 Å². The van der Waals surface area contributed by atoms with Gasteiger partial charge in [-0.3, -0.25) is 19.2 Å². The third-order valence-corrected chi connectivity index (χ3v) is 5.47. The van der Waals surface area contributed by atoms with E-state index in [1.165, 1.54) is 0 Å². The van der Waals surface area contributed by atoms with Gasteiger partial charge in [-0.05, 0) is 46.5 Å². The van der Waals surface area contributed by atoms with Crippen LogP contribution in [0.4, 0.5) is 0 Å². The van der Waals surface area contributed by atoms with Crippen LogP contribution in [0.2, 0.25) is 0 Å². The molecule has 0 saturated carbocycles. The van der Waals surface area contributed by atoms with Crippen molar-refractivity contribution in [3.8, 4) is 0 Å². The highest BCUT2D eigenvalue weighted by atomic mass is 16.6. The molecule has 1 fully saturated rings. The summed E-state index contributed by atoms with van der Waals surface area (Å²) in [6.45, 7) is 5.92. The van der Waals surface area contributed by atoms with Crippen molar-refractivity contribution < 1.29 is 33.8 Å². The number of aliphatic hydroxyl groups excluding tert-OH is 1. The summed E-state index contributed by atoms with van der Waals surface area (Å²) >= 11 is 0. The lowest BCUT2D eigenvalue weighted by Crippen LogP contribution is -2.44. The van der Waals surface area contributed by atoms with Crippen LogP contribution in [0.25, 0.3) is 0 Å². The Labute approximate surface area is 189 Å². The van der Waals surface area contributed by atoms with E-state index in [-0.39, 0.29) is 56.9 Å². The Bertz CT molecular complexity index is 714. The second kappa shape index (κ2) is 12.0. The molecule has 32 heavy (non-hydrogen) atoms. The van der Waals surface area contributed by atoms with Gasteiger partial charge in [0.05, 0.1) is 30.9 Å². The van der Waals surface area contributed by atoms with Gasteiger partial charge in [-0.15, -0.1) is 0 Å². The van der Waals surface area contributed by atoms with Crippen molar-refractivity contribution in [1.29, 1.82) is 0 Å². The summed E-state index contributed by atoms with van der Waals surface area (Å²) in [6, 6.07) is -0.236. The predicted octanol–water partition coefficient (Wildman–Crippen LogP) is 1.33. The second-order valence-electron chi connectivity index (χ2n) is 9.36. The zero-order valence-electron chi connectivity index (χ0n) is 19.3. The van der Waals surface area contributed by atoms with Gasteiger partial charge in [-0.2, -0.15) is 0 Å². The highest BCUT2D eigenvalue weighted by Gasteiger charge is 2.35. The fourth-order valence-corrected chi connectivity index (χ4v) is 3.96. The van der Waals surface area contributed by atoms with E-state index in [9.17, 15) is 19.2 Å². The molecular weight excluding hydrogens is 416 g/mol. The fraction of sp³-hybridized carbons (Fsp3) is 0.739. The van der Waals surface area contributed by atoms with E-state index < -0.39 is 29.4 Å². The van der Waals surface area contributed by atoms with Crippen molar-refractivity contribution in [2.24, 2.45) is 11.8 Å². The molecule has 0 unspecified atom stereocenters. The number of hydrogen-bond donors (Lipinski definition) is 2. The van der Waals surface area contributed by atoms with E-state index in [2.05, 4.69) is 5.32 Å². The summed E-state index contributed by atoms with van der Waals surface area (Å²) in [5.41, 5.74) is -0.642. The number of ether oxygens (including phenoxy) is 2. The van der Waals surface area contributed by atoms with Gasteiger partial charge >= 0.3 is 11.9 Å². The molecule has 0 bridgehead atoms. The maximum absolute atomic E-state index is 13.1. The summed E-state index contributed by atoms with van der Waals surface area (Å²) in [5.74, 6) is -2.56. The number of fused-ring (bicyclic) bond motifs is 1. The van der Waals surface area contributed by atoms with Crippen molar-refractivity contribution >= 4 is 23.8 Å². The van der Waals surface area contributed by atoms with Crippen molar-refractivity contribution in [3.63, 3.8) is 0 Å². The third kappa shape index (κ3) is 8.26. The van der Waals surface area contributed by atoms with Gasteiger partial charge in [0.15, 0.2) is 0 Å². The normalized spacial score (nSPS) is 25.8. The van der Waals surface area contributed by atoms with Crippen LogP contribution in [-0.4, -0.2) is 71.7 Å². The molecule has 2 amide bonds. The number of cyclic esters (lactones) is 1. The number of allylic oxidation sites excluding steroid dienone is 2. The number of hydrogen-bond acceptors (Lipinski definition) is 7. The SMILES string of the molecule is CC(C)(C)OC(=O)C[C@@H]1C/C=C\C[C@@H](CC(=O)NCCO)C(=O)N2CCC[C@H]2COC1=O. The predicted molar refractivity (Wildman–Crippen MR) is 116 cm³/mol. The van der Waals surface area contributed by atoms with E-state index >= 15 is 0 Å². The quantitative estimate of drug-likeness (QED) is 0.460. The van der Waals surface area contributed by atoms with Gasteiger partial charge in [-0.25, -0.2) is 0 Å². The minimum Gasteiger partial charge on any atom is -0.463 e. The van der Waals surface area contributed by atoms with Gasteiger partial charge in [0, 0.05) is 19.5 Å². The van der Waals surface area contributed by atoms with E-state index in [1.54, 1.807) is 37.8 Å². The zero-order valence-corrected chi connectivity index (χ0v) is 19.3. The van der Waals surface area contributed by atoms with Crippen LogP contribution < -0.4 is 5.32 Å². The standard InChI is InChI=1S/C23H36N2O7/c1-23(2,3)32-20(28)14-17-8-5-4-7-16(13-19(27)24-10-12-26)21(29)25-11-6-9-18(25)15-31-22(17)30/h4-5,16-18,26H,6-15H2,1-3H3,(H,24,27)/b5-4-/t16-,17-,18-/m0/s1. The lowest BCUT2D eigenvalue weighted by Gasteiger charge is -2.29. The molecule has 2 aliphatic rings. The molecule has 0 aromatic rings. The minimum absolute atomic E-state index is 0.0213. The monoisotopic (exact) mass is 452 g/mol. The molecule has 2 heterocycles. The Balaban J connectivity index is 2.14. The van der Waals surface area contributed by atoms with Gasteiger partial charge in [0.25, 0.3) is 0 Å². The lowest BCUT2D eigenvalue weighted by atomic mass is 9.96. The molecule has 2 aliphatic heterocycles. The summed E-state index contributed by atoms with van der Waals surface area (Å²) in [6.07, 6.45) is 5.62. The van der Waals surface area contributed by atoms with Crippen molar-refractivity contribution in [3.05, 3.63) is 12.2 Å². The first-order valence-electron chi connectivity index (χ1n) is 11.3. The van der Waals surface area contributed by atoms with E-state index in [0.29, 0.717) is 13.0 Å². The molecule has 180 valence electrons. The molecular formula is C23H36N2O7. The Hall–Kier alpha value is -2.42. The minimum atomic E-state index is -0.669. The Morgan fingerprint density at radius 3 is 2.53 bits per heavy atom. The summed E-state index contributed by atoms with van der Waals surface area (Å²) in [4.78, 5) is 52.0. The Morgan fingerprint density at radius 2 is 1.88 bits per heavy atom. The van der Waals surface area contributed by atoms with E-state index in [0.717, 1.165) is 12.8 Å². The van der Waals surface area contributed by atoms with Crippen LogP contribution in [-0.2, 0) is 28.7 Å². The number of carbonyl (C=O) groups is 4. The number of nitrogens with zero attached hydrogens (tertiary/aromatic N) is 1. The number of nitrogens with one attached hydrogen (secondary N) is 1. The Kier molecular flexibility index (Phi) is 9.68. The molecule has 3 atom stereocenters. The third-order valence-electron chi connectivity index (χ3n) is 5.47. The lowest BCUT2D eigenvalue weighted by molar-refractivity contribution is -0.162. The van der Waals surface area contributed by atoms with Crippen molar-refractivity contribution in [2.75, 3.05) is 26.3 Å². The number of esters is 2. The average Bonchev–Trinajstić information content (AvgIpc) is 3.17. The topological polar surface area (TPSA) is 122 Å². The fourth-order valence-electron chi connectivity index (χ4n) is 3.96. The largest absolute Gasteiger partial charge is 0.463 e. The van der Waals surface area contributed by atoms with Crippen LogP contribution in [0, 0.1) is 11.8 Å². The molecule has 1 saturated heterocycles. The number of carbonyl (C=O) groups excluding carboxylic acids is 4. The number of rotatable bonds is 6. The maximum Gasteiger partial charge on any atom is 0.309 e. The van der Waals surface area contributed by atoms with Crippen LogP contribution in [0.1, 0.15) is 59.3 Å². The second-order valence-corrected chi connectivity index (χ2v) is 9.36. The van der Waals surface area contributed by atoms with Crippen LogP contribution >= 0.6 is 0 Å². The molecule has 0 aromatic carbocycles. The first kappa shape index (κ1) is 25.8. The first-order chi connectivity index (χ1) is 15.1. The molecule has 0 spiro atoms. The maximum atomic E-state index is 13.1. The molecule has 0 radical (unpaired) electrons. The Morgan fingerprint density at radius 1 is 1.19 bits per heavy atom. The summed E-state index contributed by atoms with van der Waals surface area (Å²) < 4.78 is 10.9. The summed E-state index contributed by atoms with van der Waals surface area (Å²) in [7, 11) is 0. The van der Waals surface area contributed by atoms with Crippen LogP contribution in [0.5, 0.6) is 0 Å². The van der Waals surface area contributed by atoms with E-state index in [1.807, 2.05) is 0 Å². The van der Waals surface area contributed by atoms with Crippen molar-refractivity contribution in [2.45, 2.75) is 70.9 Å². The highest BCUT2D eigenvalue weighted by Crippen LogP contribution is 2.25. The molecule has 9 heteroatoms. The number of amides is 2. The highest BCUT2D eigenvalue weighted by molar-refractivity contribution is 5.86. The smallest absolute Gasteiger partial charge is 0.309 e. The zero-order chi connectivity index (χ0) is 23.7. The average molecular weight is 453 g/mol. The van der Waals surface area contributed by atoms with Crippen LogP contribution in [0.15, 0.2) is 12.2 Å². The van der Waals surface area contributed by atoms with E-state index in [4.69, 9.17) is 14.6 Å². The molecule has 0 aliphatic carbocycles. The van der Waals surface area contributed by atoms with Gasteiger partial charge in [-0.1, -0.05) is 12.2 Å². The van der Waals surface area contributed by atoms with Gasteiger partial charge < -0.3 is 24.8 Å². The van der Waals surface area contributed by atoms with Crippen LogP contribution in [0.3, 0.4) is 0 Å².